The first kappa shape index (κ1) is 17.7. The fraction of sp³-hybridized carbons (Fsp3) is 0.250. The van der Waals surface area contributed by atoms with Gasteiger partial charge in [-0.1, -0.05) is 13.0 Å². The molecule has 2 aromatic heterocycles. The minimum Gasteiger partial charge on any atom is -0.341 e. The largest absolute Gasteiger partial charge is 0.341 e. The number of aromatic nitrogens is 3. The van der Waals surface area contributed by atoms with Gasteiger partial charge in [0.1, 0.15) is 5.82 Å². The van der Waals surface area contributed by atoms with Crippen LogP contribution in [0.5, 0.6) is 0 Å². The van der Waals surface area contributed by atoms with Crippen LogP contribution in [0.2, 0.25) is 0 Å². The zero-order valence-corrected chi connectivity index (χ0v) is 15.2. The first-order chi connectivity index (χ1) is 12.5. The number of aromatic amines is 1. The van der Waals surface area contributed by atoms with E-state index in [9.17, 15) is 9.59 Å². The molecule has 0 aliphatic rings. The zero-order valence-electron chi connectivity index (χ0n) is 15.2. The predicted octanol–water partition coefficient (Wildman–Crippen LogP) is 2.90. The molecule has 1 aromatic carbocycles. The number of pyridine rings is 1. The van der Waals surface area contributed by atoms with Gasteiger partial charge in [0.2, 0.25) is 0 Å². The molecule has 26 heavy (non-hydrogen) atoms. The van der Waals surface area contributed by atoms with Crippen LogP contribution in [-0.2, 0) is 13.0 Å². The molecule has 0 saturated carbocycles. The molecule has 0 radical (unpaired) electrons. The van der Waals surface area contributed by atoms with Crippen LogP contribution in [0, 0.1) is 13.8 Å². The molecule has 0 unspecified atom stereocenters. The summed E-state index contributed by atoms with van der Waals surface area (Å²) in [5.74, 6) is 0.531. The van der Waals surface area contributed by atoms with Crippen molar-refractivity contribution in [2.24, 2.45) is 0 Å². The first-order valence-corrected chi connectivity index (χ1v) is 8.58. The summed E-state index contributed by atoms with van der Waals surface area (Å²) < 4.78 is 1.56. The molecule has 0 atom stereocenters. The van der Waals surface area contributed by atoms with Crippen molar-refractivity contribution in [2.75, 3.05) is 5.32 Å². The Kier molecular flexibility index (Phi) is 5.02. The summed E-state index contributed by atoms with van der Waals surface area (Å²) >= 11 is 0. The third-order valence-corrected chi connectivity index (χ3v) is 4.22. The fourth-order valence-corrected chi connectivity index (χ4v) is 3.09. The molecule has 0 amide bonds. The van der Waals surface area contributed by atoms with Gasteiger partial charge in [0.15, 0.2) is 0 Å². The zero-order chi connectivity index (χ0) is 18.7. The Hall–Kier alpha value is -3.15. The van der Waals surface area contributed by atoms with Gasteiger partial charge in [-0.2, -0.15) is 0 Å². The van der Waals surface area contributed by atoms with E-state index in [0.717, 1.165) is 22.4 Å². The van der Waals surface area contributed by atoms with Crippen molar-refractivity contribution in [1.29, 1.82) is 0 Å². The quantitative estimate of drug-likeness (QED) is 0.741. The molecular weight excluding hydrogens is 328 g/mol. The van der Waals surface area contributed by atoms with Crippen LogP contribution >= 0.6 is 0 Å². The minimum atomic E-state index is -0.434. The maximum atomic E-state index is 12.5. The number of anilines is 2. The Morgan fingerprint density at radius 2 is 1.73 bits per heavy atom. The van der Waals surface area contributed by atoms with Crippen molar-refractivity contribution in [3.05, 3.63) is 85.8 Å². The highest BCUT2D eigenvalue weighted by Gasteiger charge is 2.14. The molecule has 0 bridgehead atoms. The Bertz CT molecular complexity index is 1020. The number of H-pyrrole nitrogens is 1. The molecule has 0 aliphatic carbocycles. The van der Waals surface area contributed by atoms with Crippen molar-refractivity contribution >= 4 is 11.5 Å². The van der Waals surface area contributed by atoms with Crippen LogP contribution in [0.15, 0.2) is 52.3 Å². The van der Waals surface area contributed by atoms with Crippen LogP contribution in [0.25, 0.3) is 0 Å². The van der Waals surface area contributed by atoms with Gasteiger partial charge in [0, 0.05) is 18.1 Å². The van der Waals surface area contributed by atoms with Crippen molar-refractivity contribution in [3.63, 3.8) is 0 Å². The van der Waals surface area contributed by atoms with Gasteiger partial charge >= 0.3 is 5.69 Å². The number of nitrogens with one attached hydrogen (secondary N) is 2. The molecule has 0 aliphatic heterocycles. The standard InChI is InChI=1S/C20H22N4O2/c1-4-17-18(22-16-10-13(2)9-14(3)11-16)24(20(26)23-19(17)25)12-15-5-7-21-8-6-15/h5-11,22H,4,12H2,1-3H3,(H,23,25,26). The normalized spacial score (nSPS) is 10.7. The van der Waals surface area contributed by atoms with Crippen LogP contribution in [0.3, 0.4) is 0 Å². The summed E-state index contributed by atoms with van der Waals surface area (Å²) in [7, 11) is 0. The molecule has 2 heterocycles. The Morgan fingerprint density at radius 3 is 2.35 bits per heavy atom. The lowest BCUT2D eigenvalue weighted by Gasteiger charge is -2.18. The van der Waals surface area contributed by atoms with E-state index in [1.807, 2.05) is 45.0 Å². The average Bonchev–Trinajstić information content (AvgIpc) is 2.58. The number of aryl methyl sites for hydroxylation is 2. The molecule has 6 nitrogen and oxygen atoms in total. The van der Waals surface area contributed by atoms with Crippen molar-refractivity contribution in [2.45, 2.75) is 33.7 Å². The molecule has 3 aromatic rings. The molecular formula is C20H22N4O2. The van der Waals surface area contributed by atoms with E-state index in [4.69, 9.17) is 0 Å². The average molecular weight is 350 g/mol. The third-order valence-electron chi connectivity index (χ3n) is 4.22. The predicted molar refractivity (Wildman–Crippen MR) is 103 cm³/mol. The van der Waals surface area contributed by atoms with Gasteiger partial charge in [0.05, 0.1) is 12.1 Å². The number of benzene rings is 1. The summed E-state index contributed by atoms with van der Waals surface area (Å²) in [6.45, 7) is 6.28. The lowest BCUT2D eigenvalue weighted by molar-refractivity contribution is 0.718. The van der Waals surface area contributed by atoms with Gasteiger partial charge in [-0.25, -0.2) is 4.79 Å². The van der Waals surface area contributed by atoms with Crippen molar-refractivity contribution in [3.8, 4) is 0 Å². The monoisotopic (exact) mass is 350 g/mol. The van der Waals surface area contributed by atoms with E-state index in [2.05, 4.69) is 21.4 Å². The minimum absolute atomic E-state index is 0.346. The van der Waals surface area contributed by atoms with E-state index in [0.29, 0.717) is 24.3 Å². The highest BCUT2D eigenvalue weighted by atomic mass is 16.2. The molecule has 2 N–H and O–H groups in total. The van der Waals surface area contributed by atoms with Gasteiger partial charge in [-0.3, -0.25) is 19.3 Å². The Morgan fingerprint density at radius 1 is 1.08 bits per heavy atom. The number of hydrogen-bond donors (Lipinski definition) is 2. The van der Waals surface area contributed by atoms with Gasteiger partial charge in [-0.15, -0.1) is 0 Å². The van der Waals surface area contributed by atoms with E-state index < -0.39 is 5.69 Å². The van der Waals surface area contributed by atoms with Crippen molar-refractivity contribution < 1.29 is 0 Å². The van der Waals surface area contributed by atoms with E-state index in [1.54, 1.807) is 17.0 Å². The van der Waals surface area contributed by atoms with E-state index >= 15 is 0 Å². The lowest BCUT2D eigenvalue weighted by Crippen LogP contribution is -2.34. The second-order valence-corrected chi connectivity index (χ2v) is 6.38. The van der Waals surface area contributed by atoms with Gasteiger partial charge < -0.3 is 5.32 Å². The summed E-state index contributed by atoms with van der Waals surface area (Å²) in [5.41, 5.74) is 3.77. The number of hydrogen-bond acceptors (Lipinski definition) is 4. The first-order valence-electron chi connectivity index (χ1n) is 8.58. The Labute approximate surface area is 151 Å². The SMILES string of the molecule is CCc1c(Nc2cc(C)cc(C)c2)n(Cc2ccncc2)c(=O)[nH]c1=O. The van der Waals surface area contributed by atoms with E-state index in [-0.39, 0.29) is 5.56 Å². The second-order valence-electron chi connectivity index (χ2n) is 6.38. The summed E-state index contributed by atoms with van der Waals surface area (Å²) in [4.78, 5) is 31.2. The number of rotatable bonds is 5. The molecule has 0 fully saturated rings. The maximum Gasteiger partial charge on any atom is 0.330 e. The molecule has 3 rings (SSSR count). The molecule has 0 spiro atoms. The highest BCUT2D eigenvalue weighted by molar-refractivity contribution is 5.61. The van der Waals surface area contributed by atoms with Crippen LogP contribution in [-0.4, -0.2) is 14.5 Å². The highest BCUT2D eigenvalue weighted by Crippen LogP contribution is 2.21. The molecule has 134 valence electrons. The molecule has 6 heteroatoms. The third kappa shape index (κ3) is 3.74. The Balaban J connectivity index is 2.14. The summed E-state index contributed by atoms with van der Waals surface area (Å²) in [6.07, 6.45) is 3.88. The second kappa shape index (κ2) is 7.39. The van der Waals surface area contributed by atoms with E-state index in [1.165, 1.54) is 0 Å². The summed E-state index contributed by atoms with van der Waals surface area (Å²) in [5, 5.41) is 3.30. The lowest BCUT2D eigenvalue weighted by atomic mass is 10.1. The topological polar surface area (TPSA) is 79.8 Å². The van der Waals surface area contributed by atoms with Gasteiger partial charge in [-0.05, 0) is 61.2 Å². The van der Waals surface area contributed by atoms with Gasteiger partial charge in [0.25, 0.3) is 5.56 Å². The summed E-state index contributed by atoms with van der Waals surface area (Å²) in [6, 6.07) is 9.77. The van der Waals surface area contributed by atoms with Crippen LogP contribution in [0.4, 0.5) is 11.5 Å². The number of nitrogens with zero attached hydrogens (tertiary/aromatic N) is 2. The fourth-order valence-electron chi connectivity index (χ4n) is 3.09. The van der Waals surface area contributed by atoms with Crippen molar-refractivity contribution in [1.82, 2.24) is 14.5 Å². The van der Waals surface area contributed by atoms with Crippen LogP contribution in [0.1, 0.15) is 29.2 Å². The molecule has 0 saturated heterocycles. The maximum absolute atomic E-state index is 12.5. The smallest absolute Gasteiger partial charge is 0.330 e. The van der Waals surface area contributed by atoms with Crippen LogP contribution < -0.4 is 16.6 Å².